The molecular weight excluding hydrogens is 372 g/mol. The van der Waals surface area contributed by atoms with Crippen LogP contribution in [0.2, 0.25) is 0 Å². The largest absolute Gasteiger partial charge is 0.485 e. The molecule has 28 heavy (non-hydrogen) atoms. The topological polar surface area (TPSA) is 79.9 Å². The van der Waals surface area contributed by atoms with Gasteiger partial charge in [0.2, 0.25) is 11.1 Å². The minimum atomic E-state index is -0.0914. The van der Waals surface area contributed by atoms with Gasteiger partial charge in [0.15, 0.2) is 5.82 Å². The van der Waals surface area contributed by atoms with Gasteiger partial charge in [0, 0.05) is 5.69 Å². The minimum Gasteiger partial charge on any atom is -0.485 e. The zero-order valence-corrected chi connectivity index (χ0v) is 17.3. The van der Waals surface area contributed by atoms with Gasteiger partial charge < -0.3 is 10.1 Å². The lowest BCUT2D eigenvalue weighted by atomic mass is 10.1. The number of nitrogens with one attached hydrogen (secondary N) is 2. The Labute approximate surface area is 169 Å². The number of amides is 1. The number of benzene rings is 2. The number of anilines is 1. The Morgan fingerprint density at radius 1 is 1.07 bits per heavy atom. The fourth-order valence-electron chi connectivity index (χ4n) is 2.56. The normalized spacial score (nSPS) is 10.7. The van der Waals surface area contributed by atoms with Crippen LogP contribution in [0.1, 0.15) is 28.1 Å². The van der Waals surface area contributed by atoms with Crippen molar-refractivity contribution in [2.24, 2.45) is 0 Å². The lowest BCUT2D eigenvalue weighted by Crippen LogP contribution is -2.14. The summed E-state index contributed by atoms with van der Waals surface area (Å²) in [6, 6.07) is 11.9. The fraction of sp³-hybridized carbons (Fsp3) is 0.286. The second-order valence-electron chi connectivity index (χ2n) is 6.76. The Balaban J connectivity index is 1.49. The Bertz CT molecular complexity index is 984. The van der Waals surface area contributed by atoms with E-state index in [0.717, 1.165) is 28.1 Å². The van der Waals surface area contributed by atoms with Gasteiger partial charge in [-0.1, -0.05) is 30.0 Å². The number of nitrogens with zero attached hydrogens (tertiary/aromatic N) is 2. The van der Waals surface area contributed by atoms with E-state index in [1.165, 1.54) is 17.3 Å². The molecule has 0 aliphatic carbocycles. The number of aromatic amines is 1. The number of carbonyl (C=O) groups excluding carboxylic acids is 1. The third kappa shape index (κ3) is 5.36. The van der Waals surface area contributed by atoms with Crippen LogP contribution in [0.25, 0.3) is 0 Å². The predicted molar refractivity (Wildman–Crippen MR) is 112 cm³/mol. The molecule has 3 rings (SSSR count). The number of hydrogen-bond acceptors (Lipinski definition) is 5. The molecule has 0 unspecified atom stereocenters. The van der Waals surface area contributed by atoms with Crippen LogP contribution in [0.4, 0.5) is 5.69 Å². The van der Waals surface area contributed by atoms with Crippen LogP contribution in [0.15, 0.2) is 41.6 Å². The third-order valence-corrected chi connectivity index (χ3v) is 5.19. The summed E-state index contributed by atoms with van der Waals surface area (Å²) in [5.41, 5.74) is 5.36. The van der Waals surface area contributed by atoms with Gasteiger partial charge in [0.25, 0.3) is 0 Å². The van der Waals surface area contributed by atoms with Gasteiger partial charge >= 0.3 is 0 Å². The van der Waals surface area contributed by atoms with E-state index in [1.807, 2.05) is 64.1 Å². The number of aromatic nitrogens is 3. The Morgan fingerprint density at radius 2 is 1.86 bits per heavy atom. The maximum atomic E-state index is 12.1. The first-order chi connectivity index (χ1) is 13.4. The second-order valence-corrected chi connectivity index (χ2v) is 7.70. The fourth-order valence-corrected chi connectivity index (χ4v) is 3.18. The maximum Gasteiger partial charge on any atom is 0.234 e. The molecule has 0 spiro atoms. The Kier molecular flexibility index (Phi) is 6.36. The van der Waals surface area contributed by atoms with Gasteiger partial charge in [-0.25, -0.2) is 4.98 Å². The van der Waals surface area contributed by atoms with E-state index >= 15 is 0 Å². The van der Waals surface area contributed by atoms with Crippen LogP contribution >= 0.6 is 11.8 Å². The van der Waals surface area contributed by atoms with Crippen molar-refractivity contribution in [1.82, 2.24) is 15.2 Å². The molecule has 0 atom stereocenters. The highest BCUT2D eigenvalue weighted by Gasteiger charge is 2.09. The van der Waals surface area contributed by atoms with Gasteiger partial charge in [-0.15, -0.1) is 5.10 Å². The van der Waals surface area contributed by atoms with Crippen molar-refractivity contribution in [1.29, 1.82) is 0 Å². The van der Waals surface area contributed by atoms with Crippen molar-refractivity contribution in [3.05, 3.63) is 64.5 Å². The summed E-state index contributed by atoms with van der Waals surface area (Å²) < 4.78 is 5.82. The van der Waals surface area contributed by atoms with E-state index in [1.54, 1.807) is 0 Å². The quantitative estimate of drug-likeness (QED) is 0.581. The highest BCUT2D eigenvalue weighted by molar-refractivity contribution is 7.99. The maximum absolute atomic E-state index is 12.1. The molecule has 1 amide bonds. The zero-order valence-electron chi connectivity index (χ0n) is 16.5. The molecule has 0 aliphatic heterocycles. The molecule has 0 bridgehead atoms. The summed E-state index contributed by atoms with van der Waals surface area (Å²) in [6.07, 6.45) is 0. The Hall–Kier alpha value is -2.80. The number of aryl methyl sites for hydroxylation is 4. The van der Waals surface area contributed by atoms with Crippen molar-refractivity contribution in [2.45, 2.75) is 39.5 Å². The summed E-state index contributed by atoms with van der Waals surface area (Å²) in [4.78, 5) is 16.5. The van der Waals surface area contributed by atoms with Crippen LogP contribution in [0.5, 0.6) is 5.75 Å². The van der Waals surface area contributed by atoms with Gasteiger partial charge in [-0.3, -0.25) is 9.89 Å². The van der Waals surface area contributed by atoms with Crippen molar-refractivity contribution in [3.63, 3.8) is 0 Å². The minimum absolute atomic E-state index is 0.0914. The predicted octanol–water partition coefficient (Wildman–Crippen LogP) is 4.35. The first-order valence-corrected chi connectivity index (χ1v) is 10.0. The number of thioether (sulfide) groups is 1. The molecular formula is C21H24N4O2S. The van der Waals surface area contributed by atoms with Crippen LogP contribution in [0.3, 0.4) is 0 Å². The smallest absolute Gasteiger partial charge is 0.234 e. The summed E-state index contributed by atoms with van der Waals surface area (Å²) in [5.74, 6) is 1.60. The SMILES string of the molecule is Cc1ccc(C)c(OCc2nc(SCC(=O)Nc3ccc(C)c(C)c3)n[nH]2)c1. The van der Waals surface area contributed by atoms with E-state index in [0.29, 0.717) is 17.6 Å². The van der Waals surface area contributed by atoms with Crippen LogP contribution in [-0.4, -0.2) is 26.8 Å². The summed E-state index contributed by atoms with van der Waals surface area (Å²) in [6.45, 7) is 8.40. The number of hydrogen-bond donors (Lipinski definition) is 2. The molecule has 7 heteroatoms. The van der Waals surface area contributed by atoms with Crippen molar-refractivity contribution in [3.8, 4) is 5.75 Å². The van der Waals surface area contributed by atoms with Gasteiger partial charge in [0.05, 0.1) is 5.75 Å². The molecule has 0 saturated heterocycles. The molecule has 3 aromatic rings. The summed E-state index contributed by atoms with van der Waals surface area (Å²) in [7, 11) is 0. The van der Waals surface area contributed by atoms with Crippen molar-refractivity contribution < 1.29 is 9.53 Å². The molecule has 2 N–H and O–H groups in total. The monoisotopic (exact) mass is 396 g/mol. The van der Waals surface area contributed by atoms with Gasteiger partial charge in [0.1, 0.15) is 12.4 Å². The standard InChI is InChI=1S/C21H24N4O2S/c1-13-5-6-15(3)18(9-13)27-11-19-23-21(25-24-19)28-12-20(26)22-17-8-7-14(2)16(4)10-17/h5-10H,11-12H2,1-4H3,(H,22,26)(H,23,24,25). The lowest BCUT2D eigenvalue weighted by Gasteiger charge is -2.08. The number of rotatable bonds is 7. The van der Waals surface area contributed by atoms with E-state index < -0.39 is 0 Å². The first-order valence-electron chi connectivity index (χ1n) is 9.02. The molecule has 0 saturated carbocycles. The Morgan fingerprint density at radius 3 is 2.64 bits per heavy atom. The molecule has 6 nitrogen and oxygen atoms in total. The summed E-state index contributed by atoms with van der Waals surface area (Å²) >= 11 is 1.28. The molecule has 1 heterocycles. The number of H-pyrrole nitrogens is 1. The number of ether oxygens (including phenoxy) is 1. The van der Waals surface area contributed by atoms with Gasteiger partial charge in [-0.05, 0) is 68.1 Å². The van der Waals surface area contributed by atoms with E-state index in [4.69, 9.17) is 4.74 Å². The molecule has 2 aromatic carbocycles. The first kappa shape index (κ1) is 19.9. The van der Waals surface area contributed by atoms with E-state index in [2.05, 4.69) is 20.5 Å². The lowest BCUT2D eigenvalue weighted by molar-refractivity contribution is -0.113. The average Bonchev–Trinajstić information content (AvgIpc) is 3.12. The molecule has 146 valence electrons. The van der Waals surface area contributed by atoms with Crippen LogP contribution in [0, 0.1) is 27.7 Å². The molecule has 0 radical (unpaired) electrons. The second kappa shape index (κ2) is 8.93. The summed E-state index contributed by atoms with van der Waals surface area (Å²) in [5, 5.41) is 10.4. The zero-order chi connectivity index (χ0) is 20.1. The van der Waals surface area contributed by atoms with E-state index in [9.17, 15) is 4.79 Å². The van der Waals surface area contributed by atoms with Crippen molar-refractivity contribution >= 4 is 23.4 Å². The third-order valence-electron chi connectivity index (χ3n) is 4.34. The van der Waals surface area contributed by atoms with Crippen molar-refractivity contribution in [2.75, 3.05) is 11.1 Å². The molecule has 0 aliphatic rings. The highest BCUT2D eigenvalue weighted by atomic mass is 32.2. The van der Waals surface area contributed by atoms with E-state index in [-0.39, 0.29) is 11.7 Å². The van der Waals surface area contributed by atoms with Gasteiger partial charge in [-0.2, -0.15) is 0 Å². The highest BCUT2D eigenvalue weighted by Crippen LogP contribution is 2.21. The molecule has 0 fully saturated rings. The number of carbonyl (C=O) groups is 1. The van der Waals surface area contributed by atoms with Crippen LogP contribution < -0.4 is 10.1 Å². The average molecular weight is 397 g/mol. The molecule has 1 aromatic heterocycles. The van der Waals surface area contributed by atoms with Crippen LogP contribution in [-0.2, 0) is 11.4 Å².